The molecule has 2 N–H and O–H groups in total. The van der Waals surface area contributed by atoms with E-state index in [4.69, 9.17) is 4.74 Å². The molecular formula is C22H23N3O3. The van der Waals surface area contributed by atoms with Gasteiger partial charge in [0.15, 0.2) is 0 Å². The molecule has 1 atom stereocenters. The largest absolute Gasteiger partial charge is 0.375 e. The standard InChI is InChI=1S/C22H23N3O3/c26-21-14-20(23-24-21)22(27)25-11-12-28-18(15-25)13-19(16-7-3-1-4-8-16)17-9-5-2-6-10-17/h1-10,14,18-19H,11-13,15H2,(H2,23,24,26). The van der Waals surface area contributed by atoms with Crippen LogP contribution < -0.4 is 5.56 Å². The molecule has 6 nitrogen and oxygen atoms in total. The minimum absolute atomic E-state index is 0.0752. The lowest BCUT2D eigenvalue weighted by Crippen LogP contribution is -2.46. The highest BCUT2D eigenvalue weighted by Gasteiger charge is 2.29. The van der Waals surface area contributed by atoms with Crippen LogP contribution in [-0.2, 0) is 4.74 Å². The molecule has 4 rings (SSSR count). The van der Waals surface area contributed by atoms with Crippen LogP contribution in [0.15, 0.2) is 71.5 Å². The molecule has 0 bridgehead atoms. The van der Waals surface area contributed by atoms with Crippen molar-refractivity contribution in [3.05, 3.63) is 93.9 Å². The van der Waals surface area contributed by atoms with Crippen molar-refractivity contribution < 1.29 is 9.53 Å². The molecule has 28 heavy (non-hydrogen) atoms. The molecule has 0 saturated carbocycles. The SMILES string of the molecule is O=C(c1cc(=O)[nH][nH]1)N1CCOC(CC(c2ccccc2)c2ccccc2)C1. The Bertz CT molecular complexity index is 926. The van der Waals surface area contributed by atoms with Crippen molar-refractivity contribution >= 4 is 5.91 Å². The van der Waals surface area contributed by atoms with E-state index in [0.717, 1.165) is 6.42 Å². The summed E-state index contributed by atoms with van der Waals surface area (Å²) in [5, 5.41) is 5.06. The number of nitrogens with zero attached hydrogens (tertiary/aromatic N) is 1. The van der Waals surface area contributed by atoms with E-state index < -0.39 is 0 Å². The van der Waals surface area contributed by atoms with Crippen LogP contribution in [0.4, 0.5) is 0 Å². The third-order valence-electron chi connectivity index (χ3n) is 5.15. The predicted molar refractivity (Wildman–Crippen MR) is 106 cm³/mol. The van der Waals surface area contributed by atoms with Gasteiger partial charge in [0.2, 0.25) is 0 Å². The Morgan fingerprint density at radius 2 is 1.68 bits per heavy atom. The quantitative estimate of drug-likeness (QED) is 0.718. The number of aromatic amines is 2. The summed E-state index contributed by atoms with van der Waals surface area (Å²) < 4.78 is 6.00. The fourth-order valence-corrected chi connectivity index (χ4v) is 3.76. The maximum absolute atomic E-state index is 12.7. The second kappa shape index (κ2) is 8.27. The number of rotatable bonds is 5. The number of H-pyrrole nitrogens is 2. The number of ether oxygens (including phenoxy) is 1. The van der Waals surface area contributed by atoms with E-state index in [0.29, 0.717) is 19.7 Å². The van der Waals surface area contributed by atoms with Crippen LogP contribution >= 0.6 is 0 Å². The summed E-state index contributed by atoms with van der Waals surface area (Å²) >= 11 is 0. The number of amides is 1. The summed E-state index contributed by atoms with van der Waals surface area (Å²) in [6, 6.07) is 22.0. The van der Waals surface area contributed by atoms with Crippen molar-refractivity contribution in [1.29, 1.82) is 0 Å². The average Bonchev–Trinajstić information content (AvgIpc) is 3.19. The van der Waals surface area contributed by atoms with Crippen LogP contribution in [0.1, 0.15) is 34.0 Å². The molecule has 1 fully saturated rings. The Morgan fingerprint density at radius 1 is 1.04 bits per heavy atom. The first kappa shape index (κ1) is 18.3. The summed E-state index contributed by atoms with van der Waals surface area (Å²) in [6.07, 6.45) is 0.704. The zero-order valence-electron chi connectivity index (χ0n) is 15.5. The van der Waals surface area contributed by atoms with Gasteiger partial charge in [0.1, 0.15) is 5.69 Å². The molecule has 3 aromatic rings. The fourth-order valence-electron chi connectivity index (χ4n) is 3.76. The van der Waals surface area contributed by atoms with Gasteiger partial charge in [0.05, 0.1) is 12.7 Å². The summed E-state index contributed by atoms with van der Waals surface area (Å²) in [7, 11) is 0. The van der Waals surface area contributed by atoms with Crippen LogP contribution in [0.25, 0.3) is 0 Å². The first-order valence-corrected chi connectivity index (χ1v) is 9.49. The van der Waals surface area contributed by atoms with E-state index >= 15 is 0 Å². The van der Waals surface area contributed by atoms with Gasteiger partial charge < -0.3 is 9.64 Å². The third-order valence-corrected chi connectivity index (χ3v) is 5.15. The van der Waals surface area contributed by atoms with Gasteiger partial charge in [-0.2, -0.15) is 0 Å². The van der Waals surface area contributed by atoms with Gasteiger partial charge in [-0.1, -0.05) is 60.7 Å². The zero-order chi connectivity index (χ0) is 19.3. The van der Waals surface area contributed by atoms with Crippen molar-refractivity contribution in [2.24, 2.45) is 0 Å². The third kappa shape index (κ3) is 4.07. The molecule has 1 aliphatic heterocycles. The molecule has 1 unspecified atom stereocenters. The molecule has 1 aliphatic rings. The Morgan fingerprint density at radius 3 is 2.25 bits per heavy atom. The second-order valence-electron chi connectivity index (χ2n) is 7.03. The highest BCUT2D eigenvalue weighted by Crippen LogP contribution is 2.31. The molecule has 1 aromatic heterocycles. The maximum atomic E-state index is 12.7. The number of carbonyl (C=O) groups is 1. The first-order chi connectivity index (χ1) is 13.7. The van der Waals surface area contributed by atoms with Crippen molar-refractivity contribution in [3.63, 3.8) is 0 Å². The highest BCUT2D eigenvalue weighted by molar-refractivity contribution is 5.92. The normalized spacial score (nSPS) is 17.0. The molecule has 0 aliphatic carbocycles. The average molecular weight is 377 g/mol. The topological polar surface area (TPSA) is 78.2 Å². The summed E-state index contributed by atoms with van der Waals surface area (Å²) in [5.74, 6) is 0.0112. The van der Waals surface area contributed by atoms with Gasteiger partial charge in [-0.3, -0.25) is 19.8 Å². The predicted octanol–water partition coefficient (Wildman–Crippen LogP) is 2.77. The lowest BCUT2D eigenvalue weighted by atomic mass is 9.86. The molecule has 2 heterocycles. The number of aromatic nitrogens is 2. The number of morpholine rings is 1. The number of nitrogens with one attached hydrogen (secondary N) is 2. The van der Waals surface area contributed by atoms with E-state index in [1.165, 1.54) is 17.2 Å². The Kier molecular flexibility index (Phi) is 5.39. The first-order valence-electron chi connectivity index (χ1n) is 9.49. The minimum atomic E-state index is -0.304. The van der Waals surface area contributed by atoms with Crippen LogP contribution in [0.3, 0.4) is 0 Å². The van der Waals surface area contributed by atoms with Gasteiger partial charge in [0.25, 0.3) is 11.5 Å². The van der Waals surface area contributed by atoms with Crippen molar-refractivity contribution in [3.8, 4) is 0 Å². The summed E-state index contributed by atoms with van der Waals surface area (Å²) in [6.45, 7) is 1.51. The molecular weight excluding hydrogens is 354 g/mol. The van der Waals surface area contributed by atoms with E-state index in [1.54, 1.807) is 4.90 Å². The van der Waals surface area contributed by atoms with Crippen LogP contribution in [-0.4, -0.2) is 46.8 Å². The monoisotopic (exact) mass is 377 g/mol. The number of hydrogen-bond acceptors (Lipinski definition) is 3. The van der Waals surface area contributed by atoms with Crippen molar-refractivity contribution in [1.82, 2.24) is 15.1 Å². The van der Waals surface area contributed by atoms with Gasteiger partial charge in [-0.25, -0.2) is 0 Å². The maximum Gasteiger partial charge on any atom is 0.272 e. The number of carbonyl (C=O) groups excluding carboxylic acids is 1. The lowest BCUT2D eigenvalue weighted by Gasteiger charge is -2.34. The molecule has 0 spiro atoms. The second-order valence-corrected chi connectivity index (χ2v) is 7.03. The van der Waals surface area contributed by atoms with E-state index in [9.17, 15) is 9.59 Å². The smallest absolute Gasteiger partial charge is 0.272 e. The van der Waals surface area contributed by atoms with Gasteiger partial charge in [-0.15, -0.1) is 0 Å². The van der Waals surface area contributed by atoms with Crippen molar-refractivity contribution in [2.45, 2.75) is 18.4 Å². The summed E-state index contributed by atoms with van der Waals surface area (Å²) in [4.78, 5) is 25.7. The highest BCUT2D eigenvalue weighted by atomic mass is 16.5. The Balaban J connectivity index is 1.52. The van der Waals surface area contributed by atoms with E-state index in [-0.39, 0.29) is 29.2 Å². The minimum Gasteiger partial charge on any atom is -0.375 e. The number of benzene rings is 2. The van der Waals surface area contributed by atoms with Crippen LogP contribution in [0.2, 0.25) is 0 Å². The Labute approximate surface area is 163 Å². The van der Waals surface area contributed by atoms with Gasteiger partial charge in [0, 0.05) is 25.1 Å². The van der Waals surface area contributed by atoms with Crippen LogP contribution in [0, 0.1) is 0 Å². The van der Waals surface area contributed by atoms with E-state index in [2.05, 4.69) is 34.5 Å². The molecule has 144 valence electrons. The van der Waals surface area contributed by atoms with Crippen LogP contribution in [0.5, 0.6) is 0 Å². The molecule has 1 amide bonds. The Hall–Kier alpha value is -3.12. The summed E-state index contributed by atoms with van der Waals surface area (Å²) in [5.41, 5.74) is 2.45. The fraction of sp³-hybridized carbons (Fsp3) is 0.273. The lowest BCUT2D eigenvalue weighted by molar-refractivity contribution is -0.0266. The van der Waals surface area contributed by atoms with Gasteiger partial charge in [-0.05, 0) is 17.5 Å². The number of hydrogen-bond donors (Lipinski definition) is 2. The molecule has 6 heteroatoms. The zero-order valence-corrected chi connectivity index (χ0v) is 15.5. The van der Waals surface area contributed by atoms with Gasteiger partial charge >= 0.3 is 0 Å². The molecule has 2 aromatic carbocycles. The molecule has 1 saturated heterocycles. The molecule has 0 radical (unpaired) electrons. The van der Waals surface area contributed by atoms with Crippen molar-refractivity contribution in [2.75, 3.05) is 19.7 Å². The van der Waals surface area contributed by atoms with E-state index in [1.807, 2.05) is 36.4 Å².